The summed E-state index contributed by atoms with van der Waals surface area (Å²) in [4.78, 5) is 17.6. The molecule has 0 atom stereocenters. The summed E-state index contributed by atoms with van der Waals surface area (Å²) in [5.74, 6) is 0.421. The van der Waals surface area contributed by atoms with Gasteiger partial charge in [0, 0.05) is 12.2 Å². The zero-order valence-electron chi connectivity index (χ0n) is 9.96. The first kappa shape index (κ1) is 12.6. The largest absolute Gasteiger partial charge is 0.369 e. The normalized spacial score (nSPS) is 10.6. The van der Waals surface area contributed by atoms with Crippen molar-refractivity contribution in [1.82, 2.24) is 20.2 Å². The Morgan fingerprint density at radius 3 is 3.06 bits per heavy atom. The van der Waals surface area contributed by atoms with Gasteiger partial charge in [-0.1, -0.05) is 11.6 Å². The van der Waals surface area contributed by atoms with Crippen LogP contribution in [0.1, 0.15) is 17.7 Å². The summed E-state index contributed by atoms with van der Waals surface area (Å²) in [5.41, 5.74) is 1.95. The third kappa shape index (κ3) is 2.89. The number of aromatic nitrogens is 4. The zero-order chi connectivity index (χ0) is 13.0. The van der Waals surface area contributed by atoms with Gasteiger partial charge >= 0.3 is 0 Å². The Labute approximate surface area is 109 Å². The highest BCUT2D eigenvalue weighted by atomic mass is 35.5. The molecule has 0 spiro atoms. The van der Waals surface area contributed by atoms with Gasteiger partial charge in [0.1, 0.15) is 5.02 Å². The van der Waals surface area contributed by atoms with Crippen molar-refractivity contribution in [3.8, 4) is 0 Å². The molecule has 2 aromatic heterocycles. The molecule has 0 aliphatic carbocycles. The van der Waals surface area contributed by atoms with Crippen LogP contribution in [-0.2, 0) is 6.42 Å². The van der Waals surface area contributed by atoms with Crippen LogP contribution in [-0.4, -0.2) is 26.7 Å². The summed E-state index contributed by atoms with van der Waals surface area (Å²) in [6.07, 6.45) is 4.98. The van der Waals surface area contributed by atoms with Crippen LogP contribution in [0.5, 0.6) is 0 Å². The number of nitrogens with zero attached hydrogens (tertiary/aromatic N) is 2. The van der Waals surface area contributed by atoms with E-state index in [2.05, 4.69) is 25.5 Å². The van der Waals surface area contributed by atoms with Crippen LogP contribution in [0.15, 0.2) is 17.3 Å². The quantitative estimate of drug-likeness (QED) is 0.717. The van der Waals surface area contributed by atoms with E-state index < -0.39 is 0 Å². The van der Waals surface area contributed by atoms with Gasteiger partial charge < -0.3 is 10.3 Å². The van der Waals surface area contributed by atoms with Crippen molar-refractivity contribution >= 4 is 17.4 Å². The summed E-state index contributed by atoms with van der Waals surface area (Å²) < 4.78 is 0. The van der Waals surface area contributed by atoms with Gasteiger partial charge in [-0.3, -0.25) is 9.89 Å². The molecule has 96 valence electrons. The highest BCUT2D eigenvalue weighted by Crippen LogP contribution is 2.12. The van der Waals surface area contributed by atoms with Crippen LogP contribution in [0.3, 0.4) is 0 Å². The average Bonchev–Trinajstić information content (AvgIpc) is 2.76. The Bertz CT molecular complexity index is 577. The van der Waals surface area contributed by atoms with Crippen molar-refractivity contribution in [2.45, 2.75) is 19.8 Å². The SMILES string of the molecule is Cc1[nH]ncc1CCCNc1nc[nH]c(=O)c1Cl. The summed E-state index contributed by atoms with van der Waals surface area (Å²) in [5, 5.41) is 9.99. The lowest BCUT2D eigenvalue weighted by Crippen LogP contribution is -2.12. The van der Waals surface area contributed by atoms with Gasteiger partial charge in [0.05, 0.1) is 12.5 Å². The Kier molecular flexibility index (Phi) is 3.99. The number of H-pyrrole nitrogens is 2. The second-order valence-corrected chi connectivity index (χ2v) is 4.32. The number of hydrogen-bond donors (Lipinski definition) is 3. The van der Waals surface area contributed by atoms with E-state index in [-0.39, 0.29) is 10.6 Å². The number of aromatic amines is 2. The topological polar surface area (TPSA) is 86.5 Å². The maximum absolute atomic E-state index is 11.2. The highest BCUT2D eigenvalue weighted by Gasteiger charge is 2.05. The van der Waals surface area contributed by atoms with Crippen LogP contribution < -0.4 is 10.9 Å². The van der Waals surface area contributed by atoms with Crippen molar-refractivity contribution in [3.05, 3.63) is 39.2 Å². The Morgan fingerprint density at radius 1 is 1.50 bits per heavy atom. The Balaban J connectivity index is 1.84. The highest BCUT2D eigenvalue weighted by molar-refractivity contribution is 6.32. The predicted molar refractivity (Wildman–Crippen MR) is 70.0 cm³/mol. The fraction of sp³-hybridized carbons (Fsp3) is 0.364. The minimum absolute atomic E-state index is 0.0944. The van der Waals surface area contributed by atoms with Crippen molar-refractivity contribution in [2.24, 2.45) is 0 Å². The zero-order valence-corrected chi connectivity index (χ0v) is 10.7. The third-order valence-corrected chi connectivity index (χ3v) is 3.00. The first-order valence-electron chi connectivity index (χ1n) is 5.64. The molecule has 0 aliphatic rings. The van der Waals surface area contributed by atoms with Crippen LogP contribution in [0.4, 0.5) is 5.82 Å². The van der Waals surface area contributed by atoms with Gasteiger partial charge in [-0.15, -0.1) is 0 Å². The van der Waals surface area contributed by atoms with Crippen LogP contribution >= 0.6 is 11.6 Å². The fourth-order valence-corrected chi connectivity index (χ4v) is 1.79. The van der Waals surface area contributed by atoms with Crippen LogP contribution in [0, 0.1) is 6.92 Å². The lowest BCUT2D eigenvalue weighted by Gasteiger charge is -2.05. The molecular formula is C11H14ClN5O. The molecular weight excluding hydrogens is 254 g/mol. The molecule has 0 amide bonds. The van der Waals surface area contributed by atoms with Crippen molar-refractivity contribution in [3.63, 3.8) is 0 Å². The van der Waals surface area contributed by atoms with E-state index in [1.54, 1.807) is 0 Å². The molecule has 0 radical (unpaired) electrons. The summed E-state index contributed by atoms with van der Waals surface area (Å²) in [6, 6.07) is 0. The van der Waals surface area contributed by atoms with E-state index in [0.29, 0.717) is 12.4 Å². The Morgan fingerprint density at radius 2 is 2.33 bits per heavy atom. The molecule has 7 heteroatoms. The predicted octanol–water partition coefficient (Wildman–Crippen LogP) is 1.50. The standard InChI is InChI=1S/C11H14ClN5O/c1-7-8(5-16-17-7)3-2-4-13-10-9(12)11(18)15-6-14-10/h5-6H,2-4H2,1H3,(H,16,17)(H2,13,14,15,18). The lowest BCUT2D eigenvalue weighted by molar-refractivity contribution is 0.852. The number of aryl methyl sites for hydroxylation is 2. The molecule has 0 bridgehead atoms. The van der Waals surface area contributed by atoms with E-state index in [4.69, 9.17) is 11.6 Å². The maximum atomic E-state index is 11.2. The molecule has 3 N–H and O–H groups in total. The molecule has 0 aliphatic heterocycles. The van der Waals surface area contributed by atoms with Gasteiger partial charge in [-0.25, -0.2) is 4.98 Å². The number of nitrogens with one attached hydrogen (secondary N) is 3. The van der Waals surface area contributed by atoms with E-state index in [1.165, 1.54) is 11.9 Å². The minimum atomic E-state index is -0.333. The monoisotopic (exact) mass is 267 g/mol. The second kappa shape index (κ2) is 5.68. The van der Waals surface area contributed by atoms with E-state index in [1.807, 2.05) is 13.1 Å². The van der Waals surface area contributed by atoms with Crippen LogP contribution in [0.25, 0.3) is 0 Å². The summed E-state index contributed by atoms with van der Waals surface area (Å²) >= 11 is 5.81. The fourth-order valence-electron chi connectivity index (χ4n) is 1.62. The summed E-state index contributed by atoms with van der Waals surface area (Å²) in [7, 11) is 0. The van der Waals surface area contributed by atoms with Gasteiger partial charge in [0.15, 0.2) is 5.82 Å². The molecule has 0 fully saturated rings. The van der Waals surface area contributed by atoms with E-state index in [0.717, 1.165) is 18.5 Å². The minimum Gasteiger partial charge on any atom is -0.369 e. The lowest BCUT2D eigenvalue weighted by atomic mass is 10.1. The number of anilines is 1. The van der Waals surface area contributed by atoms with Crippen molar-refractivity contribution in [2.75, 3.05) is 11.9 Å². The molecule has 2 rings (SSSR count). The molecule has 6 nitrogen and oxygen atoms in total. The average molecular weight is 268 g/mol. The molecule has 2 aromatic rings. The molecule has 2 heterocycles. The maximum Gasteiger partial charge on any atom is 0.271 e. The van der Waals surface area contributed by atoms with Gasteiger partial charge in [0.2, 0.25) is 0 Å². The number of halogens is 1. The molecule has 18 heavy (non-hydrogen) atoms. The van der Waals surface area contributed by atoms with Crippen molar-refractivity contribution < 1.29 is 0 Å². The van der Waals surface area contributed by atoms with Crippen molar-refractivity contribution in [1.29, 1.82) is 0 Å². The third-order valence-electron chi connectivity index (χ3n) is 2.65. The first-order valence-corrected chi connectivity index (χ1v) is 6.02. The van der Waals surface area contributed by atoms with E-state index in [9.17, 15) is 4.79 Å². The first-order chi connectivity index (χ1) is 8.68. The number of hydrogen-bond acceptors (Lipinski definition) is 4. The van der Waals surface area contributed by atoms with Crippen LogP contribution in [0.2, 0.25) is 5.02 Å². The van der Waals surface area contributed by atoms with Gasteiger partial charge in [-0.05, 0) is 25.3 Å². The second-order valence-electron chi connectivity index (χ2n) is 3.94. The molecule has 0 aromatic carbocycles. The number of rotatable bonds is 5. The molecule has 0 unspecified atom stereocenters. The van der Waals surface area contributed by atoms with Gasteiger partial charge in [0.25, 0.3) is 5.56 Å². The molecule has 0 saturated heterocycles. The summed E-state index contributed by atoms with van der Waals surface area (Å²) in [6.45, 7) is 2.69. The molecule has 0 saturated carbocycles. The van der Waals surface area contributed by atoms with E-state index >= 15 is 0 Å². The smallest absolute Gasteiger partial charge is 0.271 e. The Hall–Kier alpha value is -1.82. The van der Waals surface area contributed by atoms with Gasteiger partial charge in [-0.2, -0.15) is 5.10 Å².